The summed E-state index contributed by atoms with van der Waals surface area (Å²) in [6, 6.07) is 7.95. The van der Waals surface area contributed by atoms with E-state index in [4.69, 9.17) is 0 Å². The number of H-pyrrole nitrogens is 1. The highest BCUT2D eigenvalue weighted by molar-refractivity contribution is 5.36. The molecule has 0 bridgehead atoms. The molecule has 0 fully saturated rings. The van der Waals surface area contributed by atoms with E-state index in [1.54, 1.807) is 4.68 Å². The molecule has 0 atom stereocenters. The molecule has 18 heavy (non-hydrogen) atoms. The van der Waals surface area contributed by atoms with Gasteiger partial charge in [-0.3, -0.25) is 9.89 Å². The number of aryl methyl sites for hydroxylation is 1. The van der Waals surface area contributed by atoms with Gasteiger partial charge in [0.2, 0.25) is 0 Å². The van der Waals surface area contributed by atoms with Gasteiger partial charge in [0.25, 0.3) is 5.56 Å². The SMILES string of the molecule is Cc1cccc(-n2[nH]c(CC(C)C)c(C)c2=O)c1. The number of aromatic amines is 1. The van der Waals surface area contributed by atoms with E-state index >= 15 is 0 Å². The molecule has 3 heteroatoms. The summed E-state index contributed by atoms with van der Waals surface area (Å²) in [7, 11) is 0. The highest BCUT2D eigenvalue weighted by Crippen LogP contribution is 2.12. The quantitative estimate of drug-likeness (QED) is 0.885. The van der Waals surface area contributed by atoms with Crippen LogP contribution in [-0.4, -0.2) is 9.78 Å². The van der Waals surface area contributed by atoms with Crippen LogP contribution in [0.3, 0.4) is 0 Å². The van der Waals surface area contributed by atoms with Gasteiger partial charge in [0.15, 0.2) is 0 Å². The van der Waals surface area contributed by atoms with Gasteiger partial charge in [0.05, 0.1) is 5.69 Å². The second kappa shape index (κ2) is 4.84. The summed E-state index contributed by atoms with van der Waals surface area (Å²) in [5.74, 6) is 0.535. The van der Waals surface area contributed by atoms with Crippen LogP contribution in [0.25, 0.3) is 5.69 Å². The van der Waals surface area contributed by atoms with E-state index in [0.29, 0.717) is 5.92 Å². The van der Waals surface area contributed by atoms with Gasteiger partial charge in [-0.25, -0.2) is 4.68 Å². The fourth-order valence-corrected chi connectivity index (χ4v) is 2.12. The molecule has 0 aliphatic heterocycles. The number of aromatic nitrogens is 2. The monoisotopic (exact) mass is 244 g/mol. The first-order valence-electron chi connectivity index (χ1n) is 6.36. The highest BCUT2D eigenvalue weighted by atomic mass is 16.1. The largest absolute Gasteiger partial charge is 0.295 e. The molecule has 0 saturated heterocycles. The van der Waals surface area contributed by atoms with Crippen LogP contribution in [-0.2, 0) is 6.42 Å². The maximum Gasteiger partial charge on any atom is 0.274 e. The Labute approximate surface area is 107 Å². The predicted molar refractivity (Wildman–Crippen MR) is 74.4 cm³/mol. The summed E-state index contributed by atoms with van der Waals surface area (Å²) < 4.78 is 1.64. The van der Waals surface area contributed by atoms with Gasteiger partial charge in [-0.05, 0) is 43.9 Å². The highest BCUT2D eigenvalue weighted by Gasteiger charge is 2.12. The predicted octanol–water partition coefficient (Wildman–Crippen LogP) is 2.98. The van der Waals surface area contributed by atoms with E-state index in [-0.39, 0.29) is 5.56 Å². The molecule has 2 aromatic rings. The molecular weight excluding hydrogens is 224 g/mol. The Morgan fingerprint density at radius 1 is 1.28 bits per heavy atom. The molecule has 0 aliphatic rings. The third kappa shape index (κ3) is 2.40. The van der Waals surface area contributed by atoms with Gasteiger partial charge in [0, 0.05) is 11.3 Å². The molecule has 0 saturated carbocycles. The molecule has 0 amide bonds. The minimum Gasteiger partial charge on any atom is -0.295 e. The number of nitrogens with zero attached hydrogens (tertiary/aromatic N) is 1. The molecular formula is C15H20N2O. The van der Waals surface area contributed by atoms with Gasteiger partial charge in [-0.15, -0.1) is 0 Å². The van der Waals surface area contributed by atoms with E-state index in [1.807, 2.05) is 38.1 Å². The van der Waals surface area contributed by atoms with E-state index in [0.717, 1.165) is 28.9 Å². The lowest BCUT2D eigenvalue weighted by Gasteiger charge is -2.04. The Morgan fingerprint density at radius 2 is 2.00 bits per heavy atom. The maximum atomic E-state index is 12.2. The lowest BCUT2D eigenvalue weighted by molar-refractivity contribution is 0.626. The first-order valence-corrected chi connectivity index (χ1v) is 6.36. The Balaban J connectivity index is 2.49. The Bertz CT molecular complexity index is 605. The third-order valence-electron chi connectivity index (χ3n) is 3.10. The van der Waals surface area contributed by atoms with Crippen molar-refractivity contribution in [1.82, 2.24) is 9.78 Å². The Morgan fingerprint density at radius 3 is 2.61 bits per heavy atom. The molecule has 96 valence electrons. The van der Waals surface area contributed by atoms with Crippen molar-refractivity contribution >= 4 is 0 Å². The zero-order valence-corrected chi connectivity index (χ0v) is 11.4. The van der Waals surface area contributed by atoms with Crippen LogP contribution in [0.1, 0.15) is 30.7 Å². The lowest BCUT2D eigenvalue weighted by Crippen LogP contribution is -2.15. The summed E-state index contributed by atoms with van der Waals surface area (Å²) in [6.07, 6.45) is 0.903. The lowest BCUT2D eigenvalue weighted by atomic mass is 10.1. The number of hydrogen-bond donors (Lipinski definition) is 1. The van der Waals surface area contributed by atoms with Crippen LogP contribution in [0.4, 0.5) is 0 Å². The van der Waals surface area contributed by atoms with Gasteiger partial charge in [-0.1, -0.05) is 26.0 Å². The number of benzene rings is 1. The smallest absolute Gasteiger partial charge is 0.274 e. The first kappa shape index (κ1) is 12.7. The van der Waals surface area contributed by atoms with Crippen LogP contribution in [0.5, 0.6) is 0 Å². The number of nitrogens with one attached hydrogen (secondary N) is 1. The zero-order valence-electron chi connectivity index (χ0n) is 11.4. The zero-order chi connectivity index (χ0) is 13.3. The fourth-order valence-electron chi connectivity index (χ4n) is 2.12. The molecule has 1 N–H and O–H groups in total. The number of rotatable bonds is 3. The second-order valence-corrected chi connectivity index (χ2v) is 5.29. The van der Waals surface area contributed by atoms with Gasteiger partial charge in [-0.2, -0.15) is 0 Å². The van der Waals surface area contributed by atoms with Crippen LogP contribution >= 0.6 is 0 Å². The summed E-state index contributed by atoms with van der Waals surface area (Å²) >= 11 is 0. The van der Waals surface area contributed by atoms with Crippen molar-refractivity contribution in [3.63, 3.8) is 0 Å². The topological polar surface area (TPSA) is 37.8 Å². The van der Waals surface area contributed by atoms with Crippen LogP contribution in [0.15, 0.2) is 29.1 Å². The Kier molecular flexibility index (Phi) is 3.41. The van der Waals surface area contributed by atoms with Gasteiger partial charge >= 0.3 is 0 Å². The molecule has 0 aliphatic carbocycles. The Hall–Kier alpha value is -1.77. The van der Waals surface area contributed by atoms with E-state index in [2.05, 4.69) is 18.9 Å². The van der Waals surface area contributed by atoms with Crippen molar-refractivity contribution in [2.75, 3.05) is 0 Å². The summed E-state index contributed by atoms with van der Waals surface area (Å²) in [5.41, 5.74) is 3.97. The van der Waals surface area contributed by atoms with Crippen molar-refractivity contribution in [2.24, 2.45) is 5.92 Å². The van der Waals surface area contributed by atoms with E-state index in [1.165, 1.54) is 0 Å². The molecule has 2 rings (SSSR count). The standard InChI is InChI=1S/C15H20N2O/c1-10(2)8-14-12(4)15(18)17(16-14)13-7-5-6-11(3)9-13/h5-7,9-10,16H,8H2,1-4H3. The van der Waals surface area contributed by atoms with E-state index < -0.39 is 0 Å². The van der Waals surface area contributed by atoms with Crippen LogP contribution in [0, 0.1) is 19.8 Å². The normalized spacial score (nSPS) is 11.2. The van der Waals surface area contributed by atoms with Crippen LogP contribution < -0.4 is 5.56 Å². The first-order chi connectivity index (χ1) is 8.49. The molecule has 1 aromatic heterocycles. The fraction of sp³-hybridized carbons (Fsp3) is 0.400. The van der Waals surface area contributed by atoms with E-state index in [9.17, 15) is 4.79 Å². The third-order valence-corrected chi connectivity index (χ3v) is 3.10. The summed E-state index contributed by atoms with van der Waals surface area (Å²) in [5, 5.41) is 3.23. The van der Waals surface area contributed by atoms with Crippen molar-refractivity contribution in [3.05, 3.63) is 51.4 Å². The summed E-state index contributed by atoms with van der Waals surface area (Å²) in [4.78, 5) is 12.2. The maximum absolute atomic E-state index is 12.2. The van der Waals surface area contributed by atoms with Crippen molar-refractivity contribution in [1.29, 1.82) is 0 Å². The molecule has 0 unspecified atom stereocenters. The average molecular weight is 244 g/mol. The average Bonchev–Trinajstić information content (AvgIpc) is 2.57. The molecule has 0 radical (unpaired) electrons. The van der Waals surface area contributed by atoms with Crippen molar-refractivity contribution in [2.45, 2.75) is 34.1 Å². The number of hydrogen-bond acceptors (Lipinski definition) is 1. The molecule has 1 aromatic carbocycles. The van der Waals surface area contributed by atoms with Crippen LogP contribution in [0.2, 0.25) is 0 Å². The van der Waals surface area contributed by atoms with Crippen molar-refractivity contribution in [3.8, 4) is 5.69 Å². The second-order valence-electron chi connectivity index (χ2n) is 5.29. The minimum absolute atomic E-state index is 0.0521. The molecule has 0 spiro atoms. The molecule has 1 heterocycles. The molecule has 3 nitrogen and oxygen atoms in total. The van der Waals surface area contributed by atoms with Gasteiger partial charge < -0.3 is 0 Å². The minimum atomic E-state index is 0.0521. The van der Waals surface area contributed by atoms with Gasteiger partial charge in [0.1, 0.15) is 0 Å². The summed E-state index contributed by atoms with van der Waals surface area (Å²) in [6.45, 7) is 8.23. The van der Waals surface area contributed by atoms with Crippen molar-refractivity contribution < 1.29 is 0 Å².